The van der Waals surface area contributed by atoms with Gasteiger partial charge in [-0.3, -0.25) is 0 Å². The topological polar surface area (TPSA) is 26.0 Å². The van der Waals surface area contributed by atoms with Crippen molar-refractivity contribution < 1.29 is 8.78 Å². The van der Waals surface area contributed by atoms with Crippen molar-refractivity contribution in [2.45, 2.75) is 19.4 Å². The lowest BCUT2D eigenvalue weighted by Gasteiger charge is -2.15. The Kier molecular flexibility index (Phi) is 4.32. The summed E-state index contributed by atoms with van der Waals surface area (Å²) in [6, 6.07) is 8.93. The van der Waals surface area contributed by atoms with Crippen LogP contribution >= 0.6 is 15.9 Å². The third kappa shape index (κ3) is 3.39. The van der Waals surface area contributed by atoms with E-state index in [4.69, 9.17) is 5.73 Å². The van der Waals surface area contributed by atoms with Crippen LogP contribution in [0.4, 0.5) is 8.78 Å². The van der Waals surface area contributed by atoms with Crippen LogP contribution in [0.15, 0.2) is 40.9 Å². The molecular weight excluding hydrogens is 312 g/mol. The Morgan fingerprint density at radius 2 is 1.89 bits per heavy atom. The number of nitrogens with two attached hydrogens (primary N) is 1. The molecule has 2 N–H and O–H groups in total. The highest BCUT2D eigenvalue weighted by Gasteiger charge is 2.13. The maximum atomic E-state index is 13.7. The molecule has 1 nitrogen and oxygen atoms in total. The molecule has 100 valence electrons. The highest BCUT2D eigenvalue weighted by molar-refractivity contribution is 9.10. The lowest BCUT2D eigenvalue weighted by Crippen LogP contribution is -2.15. The van der Waals surface area contributed by atoms with Crippen LogP contribution in [0.3, 0.4) is 0 Å². The Morgan fingerprint density at radius 3 is 2.58 bits per heavy atom. The van der Waals surface area contributed by atoms with E-state index in [1.165, 1.54) is 18.2 Å². The Hall–Kier alpha value is -1.26. The van der Waals surface area contributed by atoms with Crippen molar-refractivity contribution in [2.75, 3.05) is 0 Å². The summed E-state index contributed by atoms with van der Waals surface area (Å²) in [6.07, 6.45) is 0.337. The van der Waals surface area contributed by atoms with E-state index in [0.29, 0.717) is 22.0 Å². The summed E-state index contributed by atoms with van der Waals surface area (Å²) in [4.78, 5) is 0. The van der Waals surface area contributed by atoms with E-state index in [0.717, 1.165) is 5.56 Å². The molecule has 19 heavy (non-hydrogen) atoms. The van der Waals surface area contributed by atoms with Gasteiger partial charge in [0.05, 0.1) is 0 Å². The van der Waals surface area contributed by atoms with Gasteiger partial charge in [0, 0.05) is 10.5 Å². The predicted molar refractivity (Wildman–Crippen MR) is 75.9 cm³/mol. The summed E-state index contributed by atoms with van der Waals surface area (Å²) < 4.78 is 27.7. The van der Waals surface area contributed by atoms with Crippen LogP contribution in [0, 0.1) is 18.6 Å². The van der Waals surface area contributed by atoms with Crippen LogP contribution in [0.5, 0.6) is 0 Å². The van der Waals surface area contributed by atoms with Gasteiger partial charge in [-0.25, -0.2) is 8.78 Å². The maximum absolute atomic E-state index is 13.7. The minimum Gasteiger partial charge on any atom is -0.324 e. The van der Waals surface area contributed by atoms with Gasteiger partial charge in [-0.1, -0.05) is 28.1 Å². The molecule has 0 aliphatic rings. The van der Waals surface area contributed by atoms with Gasteiger partial charge < -0.3 is 5.73 Å². The SMILES string of the molecule is Cc1ccc(F)cc1C(N)Cc1ccc(Br)cc1F. The van der Waals surface area contributed by atoms with Crippen LogP contribution in [0.2, 0.25) is 0 Å². The van der Waals surface area contributed by atoms with Crippen molar-refractivity contribution in [1.82, 2.24) is 0 Å². The third-order valence-corrected chi connectivity index (χ3v) is 3.59. The fourth-order valence-corrected chi connectivity index (χ4v) is 2.38. The molecule has 0 amide bonds. The van der Waals surface area contributed by atoms with Gasteiger partial charge in [-0.15, -0.1) is 0 Å². The van der Waals surface area contributed by atoms with Crippen molar-refractivity contribution in [3.05, 3.63) is 69.2 Å². The smallest absolute Gasteiger partial charge is 0.127 e. The number of benzene rings is 2. The van der Waals surface area contributed by atoms with Gasteiger partial charge >= 0.3 is 0 Å². The summed E-state index contributed by atoms with van der Waals surface area (Å²) in [6.45, 7) is 1.87. The van der Waals surface area contributed by atoms with E-state index in [1.54, 1.807) is 18.2 Å². The first-order valence-corrected chi connectivity index (χ1v) is 6.72. The first-order chi connectivity index (χ1) is 8.97. The highest BCUT2D eigenvalue weighted by Crippen LogP contribution is 2.23. The lowest BCUT2D eigenvalue weighted by atomic mass is 9.96. The zero-order valence-electron chi connectivity index (χ0n) is 10.5. The molecule has 0 aliphatic carbocycles. The van der Waals surface area contributed by atoms with Crippen molar-refractivity contribution in [3.8, 4) is 0 Å². The first-order valence-electron chi connectivity index (χ1n) is 5.93. The van der Waals surface area contributed by atoms with Crippen LogP contribution in [-0.2, 0) is 6.42 Å². The normalized spacial score (nSPS) is 12.5. The number of rotatable bonds is 3. The van der Waals surface area contributed by atoms with Crippen molar-refractivity contribution in [3.63, 3.8) is 0 Å². The average Bonchev–Trinajstić information content (AvgIpc) is 2.35. The first kappa shape index (κ1) is 14.2. The number of aryl methyl sites for hydroxylation is 1. The van der Waals surface area contributed by atoms with Gasteiger partial charge in [-0.2, -0.15) is 0 Å². The maximum Gasteiger partial charge on any atom is 0.127 e. The van der Waals surface area contributed by atoms with Crippen molar-refractivity contribution in [1.29, 1.82) is 0 Å². The van der Waals surface area contributed by atoms with Gasteiger partial charge in [0.2, 0.25) is 0 Å². The number of hydrogen-bond acceptors (Lipinski definition) is 1. The summed E-state index contributed by atoms with van der Waals surface area (Å²) in [5.41, 5.74) is 8.21. The molecule has 0 saturated heterocycles. The summed E-state index contributed by atoms with van der Waals surface area (Å²) in [5, 5.41) is 0. The number of halogens is 3. The largest absolute Gasteiger partial charge is 0.324 e. The van der Waals surface area contributed by atoms with E-state index in [2.05, 4.69) is 15.9 Å². The molecule has 1 unspecified atom stereocenters. The van der Waals surface area contributed by atoms with Crippen molar-refractivity contribution in [2.24, 2.45) is 5.73 Å². The molecule has 0 heterocycles. The fourth-order valence-electron chi connectivity index (χ4n) is 2.04. The second kappa shape index (κ2) is 5.80. The average molecular weight is 326 g/mol. The molecule has 2 aromatic rings. The Morgan fingerprint density at radius 1 is 1.16 bits per heavy atom. The summed E-state index contributed by atoms with van der Waals surface area (Å²) in [7, 11) is 0. The molecular formula is C15H14BrF2N. The van der Waals surface area contributed by atoms with Crippen molar-refractivity contribution >= 4 is 15.9 Å². The molecule has 2 rings (SSSR count). The van der Waals surface area contributed by atoms with Crippen LogP contribution in [-0.4, -0.2) is 0 Å². The molecule has 0 aliphatic heterocycles. The number of hydrogen-bond donors (Lipinski definition) is 1. The van der Waals surface area contributed by atoms with Gasteiger partial charge in [0.1, 0.15) is 11.6 Å². The second-order valence-electron chi connectivity index (χ2n) is 4.55. The molecule has 0 bridgehead atoms. The Balaban J connectivity index is 2.25. The standard InChI is InChI=1S/C15H14BrF2N/c1-9-2-5-12(17)8-13(9)15(19)6-10-3-4-11(16)7-14(10)18/h2-5,7-8,15H,6,19H2,1H3. The minimum absolute atomic E-state index is 0.307. The van der Waals surface area contributed by atoms with Crippen LogP contribution < -0.4 is 5.73 Å². The molecule has 4 heteroatoms. The Labute approximate surface area is 119 Å². The molecule has 1 atom stereocenters. The molecule has 0 spiro atoms. The van der Waals surface area contributed by atoms with Gasteiger partial charge in [-0.05, 0) is 54.3 Å². The highest BCUT2D eigenvalue weighted by atomic mass is 79.9. The molecule has 0 saturated carbocycles. The summed E-state index contributed by atoms with van der Waals surface area (Å²) >= 11 is 3.21. The van der Waals surface area contributed by atoms with E-state index in [1.807, 2.05) is 6.92 Å². The van der Waals surface area contributed by atoms with Crippen LogP contribution in [0.1, 0.15) is 22.7 Å². The third-order valence-electron chi connectivity index (χ3n) is 3.10. The molecule has 0 fully saturated rings. The second-order valence-corrected chi connectivity index (χ2v) is 5.46. The van der Waals surface area contributed by atoms with E-state index in [-0.39, 0.29) is 11.6 Å². The molecule has 0 aromatic heterocycles. The zero-order chi connectivity index (χ0) is 14.0. The quantitative estimate of drug-likeness (QED) is 0.895. The van der Waals surface area contributed by atoms with Crippen LogP contribution in [0.25, 0.3) is 0 Å². The summed E-state index contributed by atoms with van der Waals surface area (Å²) in [5.74, 6) is -0.633. The monoisotopic (exact) mass is 325 g/mol. The van der Waals surface area contributed by atoms with E-state index >= 15 is 0 Å². The minimum atomic E-state index is -0.425. The zero-order valence-corrected chi connectivity index (χ0v) is 12.0. The Bertz CT molecular complexity index is 599. The predicted octanol–water partition coefficient (Wildman–Crippen LogP) is 4.28. The van der Waals surface area contributed by atoms with Gasteiger partial charge in [0.25, 0.3) is 0 Å². The molecule has 0 radical (unpaired) electrons. The lowest BCUT2D eigenvalue weighted by molar-refractivity contribution is 0.587. The fraction of sp³-hybridized carbons (Fsp3) is 0.200. The van der Waals surface area contributed by atoms with Gasteiger partial charge in [0.15, 0.2) is 0 Å². The van der Waals surface area contributed by atoms with E-state index < -0.39 is 6.04 Å². The van der Waals surface area contributed by atoms with E-state index in [9.17, 15) is 8.78 Å². The molecule has 2 aromatic carbocycles.